The van der Waals surface area contributed by atoms with Gasteiger partial charge in [-0.15, -0.1) is 5.10 Å². The number of hydrogen-bond donors (Lipinski definition) is 2. The molecule has 0 saturated carbocycles. The van der Waals surface area contributed by atoms with Crippen LogP contribution in [-0.4, -0.2) is 30.5 Å². The standard InChI is InChI=1S/C14H19ClN4O2/c1-10(11-3-5-12(15)6-4-11)17-14-19-18-13(21-14)9-16-7-8-20-2/h3-6,10,16H,7-9H2,1-2H3,(H,17,19). The Morgan fingerprint density at radius 3 is 2.76 bits per heavy atom. The highest BCUT2D eigenvalue weighted by Gasteiger charge is 2.10. The summed E-state index contributed by atoms with van der Waals surface area (Å²) >= 11 is 5.87. The normalized spacial score (nSPS) is 12.3. The van der Waals surface area contributed by atoms with E-state index in [0.29, 0.717) is 30.1 Å². The highest BCUT2D eigenvalue weighted by molar-refractivity contribution is 6.30. The van der Waals surface area contributed by atoms with E-state index < -0.39 is 0 Å². The molecular weight excluding hydrogens is 292 g/mol. The van der Waals surface area contributed by atoms with Crippen molar-refractivity contribution >= 4 is 17.6 Å². The van der Waals surface area contributed by atoms with Crippen LogP contribution < -0.4 is 10.6 Å². The summed E-state index contributed by atoms with van der Waals surface area (Å²) in [6, 6.07) is 8.09. The third-order valence-corrected chi connectivity index (χ3v) is 3.19. The Hall–Kier alpha value is -1.63. The topological polar surface area (TPSA) is 72.2 Å². The van der Waals surface area contributed by atoms with Crippen LogP contribution in [0.1, 0.15) is 24.4 Å². The van der Waals surface area contributed by atoms with Crippen LogP contribution >= 0.6 is 11.6 Å². The number of hydrogen-bond acceptors (Lipinski definition) is 6. The van der Waals surface area contributed by atoms with Crippen molar-refractivity contribution in [1.82, 2.24) is 15.5 Å². The number of nitrogens with one attached hydrogen (secondary N) is 2. The second-order valence-corrected chi connectivity index (χ2v) is 5.02. The van der Waals surface area contributed by atoms with E-state index in [4.69, 9.17) is 20.8 Å². The van der Waals surface area contributed by atoms with Crippen LogP contribution in [0.5, 0.6) is 0 Å². The average Bonchev–Trinajstić information content (AvgIpc) is 2.92. The quantitative estimate of drug-likeness (QED) is 0.730. The smallest absolute Gasteiger partial charge is 0.315 e. The molecule has 0 aliphatic rings. The molecule has 0 amide bonds. The number of benzene rings is 1. The lowest BCUT2D eigenvalue weighted by atomic mass is 10.1. The lowest BCUT2D eigenvalue weighted by Gasteiger charge is -2.11. The SMILES string of the molecule is COCCNCc1nnc(NC(C)c2ccc(Cl)cc2)o1. The van der Waals surface area contributed by atoms with Crippen molar-refractivity contribution in [3.63, 3.8) is 0 Å². The predicted molar refractivity (Wildman–Crippen MR) is 81.4 cm³/mol. The van der Waals surface area contributed by atoms with Crippen molar-refractivity contribution in [3.05, 3.63) is 40.7 Å². The summed E-state index contributed by atoms with van der Waals surface area (Å²) in [5, 5.41) is 15.0. The summed E-state index contributed by atoms with van der Waals surface area (Å²) < 4.78 is 10.5. The number of aromatic nitrogens is 2. The Bertz CT molecular complexity index is 544. The van der Waals surface area contributed by atoms with Gasteiger partial charge in [0.2, 0.25) is 5.89 Å². The van der Waals surface area contributed by atoms with Crippen LogP contribution in [0, 0.1) is 0 Å². The fraction of sp³-hybridized carbons (Fsp3) is 0.429. The largest absolute Gasteiger partial charge is 0.407 e. The molecule has 0 saturated heterocycles. The van der Waals surface area contributed by atoms with Gasteiger partial charge in [0.25, 0.3) is 0 Å². The molecule has 2 rings (SSSR count). The molecule has 1 aromatic carbocycles. The molecule has 1 unspecified atom stereocenters. The van der Waals surface area contributed by atoms with Crippen LogP contribution in [0.3, 0.4) is 0 Å². The molecular formula is C14H19ClN4O2. The zero-order valence-corrected chi connectivity index (χ0v) is 12.9. The highest BCUT2D eigenvalue weighted by Crippen LogP contribution is 2.20. The van der Waals surface area contributed by atoms with E-state index in [9.17, 15) is 0 Å². The maximum atomic E-state index is 5.87. The molecule has 2 N–H and O–H groups in total. The van der Waals surface area contributed by atoms with Gasteiger partial charge in [-0.3, -0.25) is 0 Å². The van der Waals surface area contributed by atoms with Crippen LogP contribution in [0.15, 0.2) is 28.7 Å². The van der Waals surface area contributed by atoms with Gasteiger partial charge in [-0.2, -0.15) is 0 Å². The van der Waals surface area contributed by atoms with Gasteiger partial charge in [-0.1, -0.05) is 28.8 Å². The summed E-state index contributed by atoms with van der Waals surface area (Å²) in [6.45, 7) is 3.92. The van der Waals surface area contributed by atoms with Gasteiger partial charge in [-0.05, 0) is 24.6 Å². The van der Waals surface area contributed by atoms with Crippen molar-refractivity contribution in [2.24, 2.45) is 0 Å². The Morgan fingerprint density at radius 2 is 2.05 bits per heavy atom. The first-order chi connectivity index (χ1) is 10.2. The average molecular weight is 311 g/mol. The second-order valence-electron chi connectivity index (χ2n) is 4.59. The van der Waals surface area contributed by atoms with Crippen molar-refractivity contribution in [3.8, 4) is 0 Å². The van der Waals surface area contributed by atoms with E-state index in [2.05, 4.69) is 20.8 Å². The minimum absolute atomic E-state index is 0.0528. The number of halogens is 1. The van der Waals surface area contributed by atoms with Gasteiger partial charge >= 0.3 is 6.01 Å². The molecule has 0 bridgehead atoms. The van der Waals surface area contributed by atoms with Crippen molar-refractivity contribution in [2.45, 2.75) is 19.5 Å². The first kappa shape index (κ1) is 15.8. The molecule has 114 valence electrons. The fourth-order valence-corrected chi connectivity index (χ4v) is 1.90. The number of ether oxygens (including phenoxy) is 1. The second kappa shape index (κ2) is 7.97. The summed E-state index contributed by atoms with van der Waals surface area (Å²) in [4.78, 5) is 0. The monoisotopic (exact) mass is 310 g/mol. The molecule has 7 heteroatoms. The predicted octanol–water partition coefficient (Wildman–Crippen LogP) is 2.63. The lowest BCUT2D eigenvalue weighted by molar-refractivity contribution is 0.198. The van der Waals surface area contributed by atoms with Crippen LogP contribution in [0.2, 0.25) is 5.02 Å². The molecule has 0 aliphatic carbocycles. The minimum atomic E-state index is 0.0528. The zero-order valence-electron chi connectivity index (χ0n) is 12.1. The van der Waals surface area contributed by atoms with E-state index in [-0.39, 0.29) is 6.04 Å². The lowest BCUT2D eigenvalue weighted by Crippen LogP contribution is -2.18. The van der Waals surface area contributed by atoms with Crippen molar-refractivity contribution in [2.75, 3.05) is 25.6 Å². The Balaban J connectivity index is 1.85. The molecule has 1 aromatic heterocycles. The Kier molecular flexibility index (Phi) is 5.98. The number of anilines is 1. The van der Waals surface area contributed by atoms with E-state index in [1.165, 1.54) is 0 Å². The molecule has 0 aliphatic heterocycles. The maximum absolute atomic E-state index is 5.87. The van der Waals surface area contributed by atoms with Crippen LogP contribution in [0.25, 0.3) is 0 Å². The molecule has 0 fully saturated rings. The number of nitrogens with zero attached hydrogens (tertiary/aromatic N) is 2. The third-order valence-electron chi connectivity index (χ3n) is 2.94. The zero-order chi connectivity index (χ0) is 15.1. The molecule has 1 atom stereocenters. The summed E-state index contributed by atoms with van der Waals surface area (Å²) in [6.07, 6.45) is 0. The number of rotatable bonds is 8. The molecule has 2 aromatic rings. The maximum Gasteiger partial charge on any atom is 0.315 e. The van der Waals surface area contributed by atoms with Gasteiger partial charge in [0, 0.05) is 18.7 Å². The van der Waals surface area contributed by atoms with Gasteiger partial charge in [0.15, 0.2) is 0 Å². The van der Waals surface area contributed by atoms with Crippen LogP contribution in [0.4, 0.5) is 6.01 Å². The molecule has 1 heterocycles. The van der Waals surface area contributed by atoms with Gasteiger partial charge in [0.05, 0.1) is 19.2 Å². The van der Waals surface area contributed by atoms with Crippen molar-refractivity contribution in [1.29, 1.82) is 0 Å². The van der Waals surface area contributed by atoms with E-state index >= 15 is 0 Å². The first-order valence-electron chi connectivity index (χ1n) is 6.73. The van der Waals surface area contributed by atoms with Gasteiger partial charge < -0.3 is 19.8 Å². The van der Waals surface area contributed by atoms with Gasteiger partial charge in [-0.25, -0.2) is 0 Å². The summed E-state index contributed by atoms with van der Waals surface area (Å²) in [7, 11) is 1.66. The number of methoxy groups -OCH3 is 1. The Labute approximate surface area is 128 Å². The highest BCUT2D eigenvalue weighted by atomic mass is 35.5. The van der Waals surface area contributed by atoms with E-state index in [1.807, 2.05) is 31.2 Å². The summed E-state index contributed by atoms with van der Waals surface area (Å²) in [5.74, 6) is 0.539. The molecule has 6 nitrogen and oxygen atoms in total. The van der Waals surface area contributed by atoms with Gasteiger partial charge in [0.1, 0.15) is 0 Å². The van der Waals surface area contributed by atoms with E-state index in [0.717, 1.165) is 12.1 Å². The molecule has 21 heavy (non-hydrogen) atoms. The van der Waals surface area contributed by atoms with Crippen LogP contribution in [-0.2, 0) is 11.3 Å². The fourth-order valence-electron chi connectivity index (χ4n) is 1.77. The third kappa shape index (κ3) is 5.00. The molecule has 0 radical (unpaired) electrons. The van der Waals surface area contributed by atoms with Crippen molar-refractivity contribution < 1.29 is 9.15 Å². The van der Waals surface area contributed by atoms with E-state index in [1.54, 1.807) is 7.11 Å². The minimum Gasteiger partial charge on any atom is -0.407 e. The molecule has 0 spiro atoms. The Morgan fingerprint density at radius 1 is 1.29 bits per heavy atom. The first-order valence-corrected chi connectivity index (χ1v) is 7.11. The summed E-state index contributed by atoms with van der Waals surface area (Å²) in [5.41, 5.74) is 1.09.